The fraction of sp³-hybridized carbons (Fsp3) is 1.00. The smallest absolute Gasteiger partial charge is 0.103 e. The summed E-state index contributed by atoms with van der Waals surface area (Å²) in [5, 5.41) is 0. The average molecular weight is 261 g/mol. The van der Waals surface area contributed by atoms with Gasteiger partial charge in [-0.2, -0.15) is 37.9 Å². The largest absolute Gasteiger partial charge is 0.179 e. The Kier molecular flexibility index (Phi) is 9.27. The van der Waals surface area contributed by atoms with Gasteiger partial charge in [0.25, 0.3) is 0 Å². The zero-order valence-corrected chi connectivity index (χ0v) is 11.5. The molecule has 5 heteroatoms. The SMILES string of the molecule is CCC(S)(SCCS)SCCS. The summed E-state index contributed by atoms with van der Waals surface area (Å²) in [4.78, 5) is 0. The standard InChI is InChI=1S/C7H16S5/c1-2-7(10,11-5-3-8)12-6-4-9/h8-10H,2-6H2,1H3. The van der Waals surface area contributed by atoms with Crippen molar-refractivity contribution in [1.82, 2.24) is 0 Å². The molecule has 0 spiro atoms. The Balaban J connectivity index is 3.70. The molecule has 0 atom stereocenters. The van der Waals surface area contributed by atoms with Crippen molar-refractivity contribution in [3.05, 3.63) is 0 Å². The van der Waals surface area contributed by atoms with Crippen LogP contribution in [0.3, 0.4) is 0 Å². The molecule has 74 valence electrons. The van der Waals surface area contributed by atoms with Gasteiger partial charge in [-0.15, -0.1) is 23.5 Å². The first-order chi connectivity index (χ1) is 5.68. The Morgan fingerprint density at radius 2 is 1.50 bits per heavy atom. The maximum Gasteiger partial charge on any atom is 0.103 e. The minimum absolute atomic E-state index is 0.0749. The van der Waals surface area contributed by atoms with Gasteiger partial charge in [0, 0.05) is 11.5 Å². The van der Waals surface area contributed by atoms with E-state index < -0.39 is 0 Å². The first kappa shape index (κ1) is 13.8. The summed E-state index contributed by atoms with van der Waals surface area (Å²) in [7, 11) is 0. The van der Waals surface area contributed by atoms with Crippen LogP contribution in [0.1, 0.15) is 13.3 Å². The van der Waals surface area contributed by atoms with Gasteiger partial charge in [0.2, 0.25) is 0 Å². The molecule has 0 amide bonds. The molecule has 0 aromatic carbocycles. The van der Waals surface area contributed by atoms with Crippen molar-refractivity contribution < 1.29 is 0 Å². The zero-order valence-electron chi connectivity index (χ0n) is 7.19. The van der Waals surface area contributed by atoms with Crippen LogP contribution in [0.25, 0.3) is 0 Å². The maximum absolute atomic E-state index is 4.64. The topological polar surface area (TPSA) is 0 Å². The lowest BCUT2D eigenvalue weighted by Crippen LogP contribution is -2.12. The molecule has 0 N–H and O–H groups in total. The normalized spacial score (nSPS) is 12.0. The van der Waals surface area contributed by atoms with E-state index in [2.05, 4.69) is 44.8 Å². The summed E-state index contributed by atoms with van der Waals surface area (Å²) in [5.41, 5.74) is 0. The molecule has 0 bridgehead atoms. The summed E-state index contributed by atoms with van der Waals surface area (Å²) < 4.78 is 0.0749. The summed E-state index contributed by atoms with van der Waals surface area (Å²) in [6.07, 6.45) is 1.08. The third-order valence-electron chi connectivity index (χ3n) is 1.28. The van der Waals surface area contributed by atoms with Crippen molar-refractivity contribution >= 4 is 61.4 Å². The van der Waals surface area contributed by atoms with Crippen LogP contribution < -0.4 is 0 Å². The highest BCUT2D eigenvalue weighted by molar-refractivity contribution is 8.29. The van der Waals surface area contributed by atoms with E-state index in [1.54, 1.807) is 0 Å². The van der Waals surface area contributed by atoms with Gasteiger partial charge in [0.15, 0.2) is 0 Å². The number of rotatable bonds is 7. The zero-order chi connectivity index (χ0) is 9.45. The van der Waals surface area contributed by atoms with E-state index in [1.165, 1.54) is 0 Å². The molecule has 0 rings (SSSR count). The molecular formula is C7H16S5. The van der Waals surface area contributed by atoms with Crippen LogP contribution in [0.15, 0.2) is 0 Å². The molecule has 0 aliphatic carbocycles. The highest BCUT2D eigenvalue weighted by Gasteiger charge is 2.23. The predicted molar refractivity (Wildman–Crippen MR) is 74.6 cm³/mol. The number of hydrogen-bond acceptors (Lipinski definition) is 5. The van der Waals surface area contributed by atoms with Crippen LogP contribution in [-0.2, 0) is 0 Å². The van der Waals surface area contributed by atoms with E-state index in [4.69, 9.17) is 0 Å². The molecule has 12 heavy (non-hydrogen) atoms. The van der Waals surface area contributed by atoms with Crippen molar-refractivity contribution in [2.75, 3.05) is 23.0 Å². The molecule has 0 aromatic rings. The molecule has 0 saturated heterocycles. The Bertz CT molecular complexity index is 98.0. The van der Waals surface area contributed by atoms with Crippen LogP contribution in [0.2, 0.25) is 0 Å². The van der Waals surface area contributed by atoms with Gasteiger partial charge in [0.05, 0.1) is 0 Å². The van der Waals surface area contributed by atoms with Gasteiger partial charge in [-0.3, -0.25) is 0 Å². The predicted octanol–water partition coefficient (Wildman–Crippen LogP) is 3.31. The molecule has 0 heterocycles. The van der Waals surface area contributed by atoms with Gasteiger partial charge in [-0.05, 0) is 17.9 Å². The van der Waals surface area contributed by atoms with Crippen LogP contribution in [0.4, 0.5) is 0 Å². The molecule has 0 fully saturated rings. The Morgan fingerprint density at radius 3 is 1.75 bits per heavy atom. The van der Waals surface area contributed by atoms with Crippen molar-refractivity contribution in [3.8, 4) is 0 Å². The van der Waals surface area contributed by atoms with Crippen LogP contribution in [0.5, 0.6) is 0 Å². The van der Waals surface area contributed by atoms with Gasteiger partial charge >= 0.3 is 0 Å². The van der Waals surface area contributed by atoms with E-state index in [1.807, 2.05) is 23.5 Å². The van der Waals surface area contributed by atoms with Crippen LogP contribution in [-0.4, -0.2) is 26.4 Å². The van der Waals surface area contributed by atoms with E-state index in [-0.39, 0.29) is 3.41 Å². The second-order valence-corrected chi connectivity index (χ2v) is 7.52. The third kappa shape index (κ3) is 6.24. The summed E-state index contributed by atoms with van der Waals surface area (Å²) in [6.45, 7) is 2.17. The van der Waals surface area contributed by atoms with E-state index in [0.717, 1.165) is 29.4 Å². The van der Waals surface area contributed by atoms with Gasteiger partial charge < -0.3 is 0 Å². The van der Waals surface area contributed by atoms with Gasteiger partial charge in [-0.1, -0.05) is 6.92 Å². The second kappa shape index (κ2) is 8.09. The lowest BCUT2D eigenvalue weighted by atomic mass is 10.6. The van der Waals surface area contributed by atoms with Crippen LogP contribution >= 0.6 is 61.4 Å². The molecular weight excluding hydrogens is 244 g/mol. The lowest BCUT2D eigenvalue weighted by Gasteiger charge is -2.25. The highest BCUT2D eigenvalue weighted by atomic mass is 32.3. The van der Waals surface area contributed by atoms with Gasteiger partial charge in [0.1, 0.15) is 3.41 Å². The molecule has 0 radical (unpaired) electrons. The summed E-state index contributed by atoms with van der Waals surface area (Å²) in [5.74, 6) is 3.99. The molecule has 0 saturated carbocycles. The first-order valence-corrected chi connectivity index (χ1v) is 7.59. The van der Waals surface area contributed by atoms with Crippen molar-refractivity contribution in [1.29, 1.82) is 0 Å². The van der Waals surface area contributed by atoms with Gasteiger partial charge in [-0.25, -0.2) is 0 Å². The minimum atomic E-state index is 0.0749. The Labute approximate surface area is 101 Å². The second-order valence-electron chi connectivity index (χ2n) is 2.21. The Hall–Kier alpha value is 1.75. The highest BCUT2D eigenvalue weighted by Crippen LogP contribution is 2.43. The minimum Gasteiger partial charge on any atom is -0.179 e. The molecule has 0 aliphatic heterocycles. The van der Waals surface area contributed by atoms with Crippen molar-refractivity contribution in [3.63, 3.8) is 0 Å². The van der Waals surface area contributed by atoms with Crippen molar-refractivity contribution in [2.45, 2.75) is 16.8 Å². The summed E-state index contributed by atoms with van der Waals surface area (Å²) in [6, 6.07) is 0. The summed E-state index contributed by atoms with van der Waals surface area (Å²) >= 11 is 16.8. The quantitative estimate of drug-likeness (QED) is 0.475. The number of hydrogen-bond donors (Lipinski definition) is 3. The monoisotopic (exact) mass is 260 g/mol. The van der Waals surface area contributed by atoms with E-state index >= 15 is 0 Å². The molecule has 0 unspecified atom stereocenters. The molecule has 0 nitrogen and oxygen atoms in total. The fourth-order valence-electron chi connectivity index (χ4n) is 0.656. The third-order valence-corrected chi connectivity index (χ3v) is 6.43. The fourth-order valence-corrected chi connectivity index (χ4v) is 3.81. The molecule has 0 aromatic heterocycles. The van der Waals surface area contributed by atoms with Crippen molar-refractivity contribution in [2.24, 2.45) is 0 Å². The van der Waals surface area contributed by atoms with E-state index in [0.29, 0.717) is 0 Å². The number of thioether (sulfide) groups is 2. The first-order valence-electron chi connectivity index (χ1n) is 3.90. The average Bonchev–Trinajstić information content (AvgIpc) is 2.11. The maximum atomic E-state index is 4.64. The van der Waals surface area contributed by atoms with Crippen LogP contribution in [0, 0.1) is 0 Å². The number of thiol groups is 3. The lowest BCUT2D eigenvalue weighted by molar-refractivity contribution is 1.01. The van der Waals surface area contributed by atoms with E-state index in [9.17, 15) is 0 Å². The molecule has 0 aliphatic rings. The Morgan fingerprint density at radius 1 is 1.08 bits per heavy atom.